The van der Waals surface area contributed by atoms with Crippen LogP contribution in [0.15, 0.2) is 72.8 Å². The van der Waals surface area contributed by atoms with E-state index in [0.717, 1.165) is 11.4 Å². The van der Waals surface area contributed by atoms with Gasteiger partial charge >= 0.3 is 5.97 Å². The number of benzene rings is 3. The van der Waals surface area contributed by atoms with E-state index in [9.17, 15) is 19.5 Å². The molecule has 2 amide bonds. The standard InChI is InChI=1S/C36H44N2O7Si/c1-24-33(46(4,5)28-17-15-27(43-2)16-18-28)31(20-22-39)45-36(24)29-23-26(37-34(41)25-11-7-6-8-12-25)14-19-30(29)38(35(36)42)21-10-9-13-32(40)44-3/h6-8,11-12,14-19,23-24,31,33,39H,9-10,13,20-22H2,1-5H3,(H,37,41)/t24-,31+,33-,36+/m0/s1. The van der Waals surface area contributed by atoms with Gasteiger partial charge in [-0.2, -0.15) is 0 Å². The maximum absolute atomic E-state index is 14.7. The lowest BCUT2D eigenvalue weighted by Crippen LogP contribution is -2.52. The van der Waals surface area contributed by atoms with E-state index in [1.165, 1.54) is 12.3 Å². The Bertz CT molecular complexity index is 1560. The molecule has 0 bridgehead atoms. The molecule has 2 N–H and O–H groups in total. The Morgan fingerprint density at radius 3 is 2.39 bits per heavy atom. The fraction of sp³-hybridized carbons (Fsp3) is 0.417. The molecule has 9 nitrogen and oxygen atoms in total. The number of fused-ring (bicyclic) bond motifs is 2. The second-order valence-corrected chi connectivity index (χ2v) is 17.4. The zero-order valence-electron chi connectivity index (χ0n) is 27.2. The average molecular weight is 645 g/mol. The van der Waals surface area contributed by atoms with E-state index in [-0.39, 0.29) is 48.4 Å². The number of ether oxygens (including phenoxy) is 3. The van der Waals surface area contributed by atoms with Gasteiger partial charge in [0.05, 0.1) is 34.1 Å². The minimum Gasteiger partial charge on any atom is -0.497 e. The van der Waals surface area contributed by atoms with Crippen molar-refractivity contribution in [2.45, 2.75) is 62.9 Å². The molecule has 0 saturated carbocycles. The number of amides is 2. The lowest BCUT2D eigenvalue weighted by molar-refractivity contribution is -0.146. The van der Waals surface area contributed by atoms with Crippen LogP contribution in [0.1, 0.15) is 48.5 Å². The zero-order chi connectivity index (χ0) is 33.1. The van der Waals surface area contributed by atoms with Crippen LogP contribution in [0.5, 0.6) is 5.75 Å². The summed E-state index contributed by atoms with van der Waals surface area (Å²) in [4.78, 5) is 41.4. The number of esters is 1. The lowest BCUT2D eigenvalue weighted by Gasteiger charge is -2.37. The normalized spacial score (nSPS) is 22.2. The largest absolute Gasteiger partial charge is 0.497 e. The summed E-state index contributed by atoms with van der Waals surface area (Å²) in [6.07, 6.45) is 1.49. The highest BCUT2D eigenvalue weighted by atomic mass is 28.3. The molecule has 3 aromatic carbocycles. The van der Waals surface area contributed by atoms with Gasteiger partial charge in [0, 0.05) is 42.3 Å². The summed E-state index contributed by atoms with van der Waals surface area (Å²) >= 11 is 0. The molecule has 2 aliphatic heterocycles. The molecule has 1 saturated heterocycles. The number of nitrogens with one attached hydrogen (secondary N) is 1. The number of carbonyl (C=O) groups excluding carboxylic acids is 3. The highest BCUT2D eigenvalue weighted by molar-refractivity contribution is 6.91. The van der Waals surface area contributed by atoms with Crippen LogP contribution >= 0.6 is 0 Å². The summed E-state index contributed by atoms with van der Waals surface area (Å²) in [5.41, 5.74) is 1.24. The van der Waals surface area contributed by atoms with E-state index >= 15 is 0 Å². The van der Waals surface area contributed by atoms with Gasteiger partial charge in [0.25, 0.3) is 11.8 Å². The second kappa shape index (κ2) is 13.8. The third-order valence-corrected chi connectivity index (χ3v) is 14.1. The molecule has 2 heterocycles. The summed E-state index contributed by atoms with van der Waals surface area (Å²) in [5.74, 6) is -0.135. The third kappa shape index (κ3) is 6.09. The van der Waals surface area contributed by atoms with E-state index in [1.807, 2.05) is 48.5 Å². The summed E-state index contributed by atoms with van der Waals surface area (Å²) in [7, 11) is 0.688. The van der Waals surface area contributed by atoms with E-state index in [4.69, 9.17) is 14.2 Å². The number of aliphatic hydroxyl groups excluding tert-OH is 1. The van der Waals surface area contributed by atoms with Gasteiger partial charge < -0.3 is 29.5 Å². The predicted molar refractivity (Wildman–Crippen MR) is 180 cm³/mol. The molecule has 0 aliphatic carbocycles. The predicted octanol–water partition coefficient (Wildman–Crippen LogP) is 5.24. The second-order valence-electron chi connectivity index (χ2n) is 12.7. The summed E-state index contributed by atoms with van der Waals surface area (Å²) in [5, 5.41) is 14.4. The number of nitrogens with zero attached hydrogens (tertiary/aromatic N) is 1. The van der Waals surface area contributed by atoms with Crippen LogP contribution in [0.4, 0.5) is 11.4 Å². The summed E-state index contributed by atoms with van der Waals surface area (Å²) < 4.78 is 17.2. The summed E-state index contributed by atoms with van der Waals surface area (Å²) in [6.45, 7) is 7.03. The van der Waals surface area contributed by atoms with Gasteiger partial charge in [0.1, 0.15) is 5.75 Å². The average Bonchev–Trinajstić information content (AvgIpc) is 3.49. The van der Waals surface area contributed by atoms with Crippen LogP contribution < -0.4 is 20.1 Å². The quantitative estimate of drug-likeness (QED) is 0.158. The van der Waals surface area contributed by atoms with Crippen LogP contribution in [0.3, 0.4) is 0 Å². The van der Waals surface area contributed by atoms with Gasteiger partial charge in [-0.15, -0.1) is 0 Å². The number of aliphatic hydroxyl groups is 1. The van der Waals surface area contributed by atoms with Gasteiger partial charge in [0.15, 0.2) is 5.60 Å². The number of rotatable bonds is 12. The van der Waals surface area contributed by atoms with Crippen molar-refractivity contribution in [1.29, 1.82) is 0 Å². The van der Waals surface area contributed by atoms with Crippen molar-refractivity contribution in [1.82, 2.24) is 0 Å². The van der Waals surface area contributed by atoms with E-state index in [2.05, 4.69) is 37.5 Å². The molecule has 10 heteroatoms. The number of anilines is 2. The minimum absolute atomic E-state index is 0.00770. The van der Waals surface area contributed by atoms with Crippen molar-refractivity contribution >= 4 is 42.4 Å². The molecule has 5 rings (SSSR count). The number of carbonyl (C=O) groups is 3. The Morgan fingerprint density at radius 2 is 1.74 bits per heavy atom. The molecular weight excluding hydrogens is 600 g/mol. The van der Waals surface area contributed by atoms with Crippen molar-refractivity contribution in [3.63, 3.8) is 0 Å². The van der Waals surface area contributed by atoms with Gasteiger partial charge in [-0.25, -0.2) is 0 Å². The van der Waals surface area contributed by atoms with Gasteiger partial charge in [-0.3, -0.25) is 14.4 Å². The van der Waals surface area contributed by atoms with Gasteiger partial charge in [0.2, 0.25) is 0 Å². The first kappa shape index (κ1) is 33.4. The van der Waals surface area contributed by atoms with Crippen molar-refractivity contribution in [3.8, 4) is 5.75 Å². The van der Waals surface area contributed by atoms with Gasteiger partial charge in [-0.05, 0) is 67.3 Å². The molecule has 3 aromatic rings. The van der Waals surface area contributed by atoms with Crippen LogP contribution in [-0.2, 0) is 24.7 Å². The Labute approximate surface area is 271 Å². The molecule has 0 aromatic heterocycles. The van der Waals surface area contributed by atoms with Crippen LogP contribution in [-0.4, -0.2) is 64.4 Å². The van der Waals surface area contributed by atoms with E-state index < -0.39 is 13.7 Å². The number of hydrogen-bond donors (Lipinski definition) is 2. The molecule has 2 aliphatic rings. The van der Waals surface area contributed by atoms with Crippen molar-refractivity contribution in [2.75, 3.05) is 37.6 Å². The van der Waals surface area contributed by atoms with Crippen LogP contribution in [0.25, 0.3) is 0 Å². The third-order valence-electron chi connectivity index (χ3n) is 9.78. The van der Waals surface area contributed by atoms with Crippen molar-refractivity contribution in [2.24, 2.45) is 5.92 Å². The van der Waals surface area contributed by atoms with E-state index in [1.54, 1.807) is 24.1 Å². The van der Waals surface area contributed by atoms with Crippen molar-refractivity contribution < 1.29 is 33.7 Å². The number of unbranched alkanes of at least 4 members (excludes halogenated alkanes) is 1. The maximum Gasteiger partial charge on any atom is 0.305 e. The number of hydrogen-bond acceptors (Lipinski definition) is 7. The van der Waals surface area contributed by atoms with E-state index in [0.29, 0.717) is 42.6 Å². The van der Waals surface area contributed by atoms with Gasteiger partial charge in [-0.1, -0.05) is 55.5 Å². The molecule has 0 unspecified atom stereocenters. The number of methoxy groups -OCH3 is 2. The van der Waals surface area contributed by atoms with Crippen molar-refractivity contribution in [3.05, 3.63) is 83.9 Å². The Kier molecular flexibility index (Phi) is 10.00. The first-order valence-electron chi connectivity index (χ1n) is 15.9. The Balaban J connectivity index is 1.55. The maximum atomic E-state index is 14.7. The van der Waals surface area contributed by atoms with Crippen LogP contribution in [0, 0.1) is 5.92 Å². The van der Waals surface area contributed by atoms with Crippen LogP contribution in [0.2, 0.25) is 18.6 Å². The topological polar surface area (TPSA) is 114 Å². The fourth-order valence-electron chi connectivity index (χ4n) is 7.44. The molecular formula is C36H44N2O7Si. The summed E-state index contributed by atoms with van der Waals surface area (Å²) in [6, 6.07) is 22.7. The highest BCUT2D eigenvalue weighted by Gasteiger charge is 2.66. The SMILES string of the molecule is COC(=O)CCCCN1C(=O)[C@]2(O[C@H](CCO)[C@@H]([Si](C)(C)c3ccc(OC)cc3)[C@@H]2C)c2cc(NC(=O)c3ccccc3)ccc21. The molecule has 1 fully saturated rings. The Morgan fingerprint density at radius 1 is 1.02 bits per heavy atom. The first-order valence-corrected chi connectivity index (χ1v) is 19.0. The minimum atomic E-state index is -2.33. The fourth-order valence-corrected chi connectivity index (χ4v) is 11.5. The first-order chi connectivity index (χ1) is 22.1. The molecule has 1 spiro atoms. The Hall–Kier alpha value is -3.99. The highest BCUT2D eigenvalue weighted by Crippen LogP contribution is 2.60. The smallest absolute Gasteiger partial charge is 0.305 e. The zero-order valence-corrected chi connectivity index (χ0v) is 28.2. The monoisotopic (exact) mass is 644 g/mol. The lowest BCUT2D eigenvalue weighted by atomic mass is 9.82. The molecule has 244 valence electrons. The molecule has 46 heavy (non-hydrogen) atoms. The molecule has 0 radical (unpaired) electrons. The molecule has 4 atom stereocenters.